The highest BCUT2D eigenvalue weighted by Crippen LogP contribution is 2.36. The monoisotopic (exact) mass is 444 g/mol. The topological polar surface area (TPSA) is 124 Å². The molecule has 1 N–H and O–H groups in total. The maximum absolute atomic E-state index is 11.2. The zero-order valence-electron chi connectivity index (χ0n) is 14.8. The van der Waals surface area contributed by atoms with E-state index in [4.69, 9.17) is 14.7 Å². The van der Waals surface area contributed by atoms with Gasteiger partial charge in [-0.2, -0.15) is 10.4 Å². The fraction of sp³-hybridized carbons (Fsp3) is 0.158. The molecule has 8 nitrogen and oxygen atoms in total. The van der Waals surface area contributed by atoms with Gasteiger partial charge in [0.25, 0.3) is 5.91 Å². The second-order valence-corrected chi connectivity index (χ2v) is 6.29. The smallest absolute Gasteiger partial charge is 0.254 e. The Morgan fingerprint density at radius 2 is 2.04 bits per heavy atom. The van der Waals surface area contributed by atoms with E-state index in [1.165, 1.54) is 25.5 Å². The number of nitriles is 1. The maximum atomic E-state index is 11.2. The van der Waals surface area contributed by atoms with Gasteiger partial charge in [-0.25, -0.2) is 5.43 Å². The van der Waals surface area contributed by atoms with E-state index in [1.54, 1.807) is 30.3 Å². The lowest BCUT2D eigenvalue weighted by Gasteiger charge is -2.14. The summed E-state index contributed by atoms with van der Waals surface area (Å²) in [5.74, 6) is -0.852. The molecule has 144 valence electrons. The van der Waals surface area contributed by atoms with Crippen LogP contribution in [0.15, 0.2) is 46.0 Å². The molecular formula is C19H15BrN3O5-. The number of nitrogens with zero attached hydrogens (tertiary/aromatic N) is 2. The molecule has 2 aromatic rings. The molecule has 0 bridgehead atoms. The number of hydrogen-bond donors (Lipinski definition) is 1. The Bertz CT molecular complexity index is 936. The van der Waals surface area contributed by atoms with Gasteiger partial charge in [0.15, 0.2) is 11.5 Å². The van der Waals surface area contributed by atoms with Crippen LogP contribution in [-0.2, 0) is 11.4 Å². The highest BCUT2D eigenvalue weighted by molar-refractivity contribution is 9.10. The number of amides is 1. The Kier molecular flexibility index (Phi) is 7.54. The van der Waals surface area contributed by atoms with Crippen LogP contribution in [0.5, 0.6) is 11.5 Å². The summed E-state index contributed by atoms with van der Waals surface area (Å²) < 4.78 is 11.7. The summed E-state index contributed by atoms with van der Waals surface area (Å²) in [5.41, 5.74) is 3.73. The Labute approximate surface area is 169 Å². The van der Waals surface area contributed by atoms with Crippen molar-refractivity contribution in [2.45, 2.75) is 13.0 Å². The third kappa shape index (κ3) is 5.82. The van der Waals surface area contributed by atoms with Gasteiger partial charge >= 0.3 is 0 Å². The number of ether oxygens (including phenoxy) is 2. The summed E-state index contributed by atoms with van der Waals surface area (Å²) in [6.45, 7) is 0.194. The molecule has 0 saturated heterocycles. The molecule has 0 aromatic heterocycles. The van der Waals surface area contributed by atoms with E-state index < -0.39 is 11.9 Å². The third-order valence-electron chi connectivity index (χ3n) is 3.47. The molecule has 0 heterocycles. The first-order valence-electron chi connectivity index (χ1n) is 7.94. The van der Waals surface area contributed by atoms with E-state index in [9.17, 15) is 14.7 Å². The first-order chi connectivity index (χ1) is 13.4. The van der Waals surface area contributed by atoms with Crippen LogP contribution in [0.2, 0.25) is 0 Å². The Morgan fingerprint density at radius 3 is 2.64 bits per heavy atom. The van der Waals surface area contributed by atoms with E-state index >= 15 is 0 Å². The van der Waals surface area contributed by atoms with Crippen molar-refractivity contribution in [3.05, 3.63) is 57.6 Å². The summed E-state index contributed by atoms with van der Waals surface area (Å²) in [4.78, 5) is 22.0. The number of carboxylic acid groups (broad SMARTS) is 1. The van der Waals surface area contributed by atoms with E-state index in [0.717, 1.165) is 5.56 Å². The van der Waals surface area contributed by atoms with Crippen LogP contribution in [0, 0.1) is 11.3 Å². The van der Waals surface area contributed by atoms with Gasteiger partial charge in [-0.3, -0.25) is 4.79 Å². The zero-order chi connectivity index (χ0) is 20.5. The fourth-order valence-electron chi connectivity index (χ4n) is 2.14. The molecule has 0 aliphatic carbocycles. The zero-order valence-corrected chi connectivity index (χ0v) is 16.4. The van der Waals surface area contributed by atoms with E-state index in [0.29, 0.717) is 21.5 Å². The Morgan fingerprint density at radius 1 is 1.32 bits per heavy atom. The van der Waals surface area contributed by atoms with E-state index in [2.05, 4.69) is 26.5 Å². The number of hydrazone groups is 1. The molecule has 0 spiro atoms. The molecule has 0 atom stereocenters. The second kappa shape index (κ2) is 10.1. The van der Waals surface area contributed by atoms with Crippen LogP contribution in [0.3, 0.4) is 0 Å². The number of halogens is 1. The van der Waals surface area contributed by atoms with Crippen LogP contribution < -0.4 is 20.0 Å². The summed E-state index contributed by atoms with van der Waals surface area (Å²) in [5, 5.41) is 23.0. The van der Waals surface area contributed by atoms with Crippen LogP contribution in [0.25, 0.3) is 0 Å². The summed E-state index contributed by atoms with van der Waals surface area (Å²) in [6, 6.07) is 11.3. The van der Waals surface area contributed by atoms with Crippen molar-refractivity contribution < 1.29 is 24.2 Å². The van der Waals surface area contributed by atoms with Crippen molar-refractivity contribution in [2.75, 3.05) is 7.11 Å². The number of aromatic carboxylic acids is 1. The fourth-order valence-corrected chi connectivity index (χ4v) is 2.71. The SMILES string of the molecule is COc1cc(/C=N\NC(=O)CC#N)cc(Br)c1OCc1ccc(C(=O)[O-])cc1. The third-order valence-corrected chi connectivity index (χ3v) is 4.06. The quantitative estimate of drug-likeness (QED) is 0.488. The lowest BCUT2D eigenvalue weighted by Crippen LogP contribution is -2.22. The van der Waals surface area contributed by atoms with Crippen molar-refractivity contribution in [3.63, 3.8) is 0 Å². The number of methoxy groups -OCH3 is 1. The molecule has 9 heteroatoms. The van der Waals surface area contributed by atoms with Crippen molar-refractivity contribution in [1.29, 1.82) is 5.26 Å². The standard InChI is InChI=1S/C19H16BrN3O5/c1-27-16-9-13(10-22-23-17(24)6-7-21)8-15(20)18(16)28-11-12-2-4-14(5-3-12)19(25)26/h2-5,8-10H,6,11H2,1H3,(H,23,24)(H,25,26)/p-1/b22-10-. The lowest BCUT2D eigenvalue weighted by molar-refractivity contribution is -0.255. The summed E-state index contributed by atoms with van der Waals surface area (Å²) in [6.07, 6.45) is 1.13. The number of carbonyl (C=O) groups excluding carboxylic acids is 2. The molecule has 0 unspecified atom stereocenters. The van der Waals surface area contributed by atoms with Crippen molar-refractivity contribution in [2.24, 2.45) is 5.10 Å². The normalized spacial score (nSPS) is 10.3. The van der Waals surface area contributed by atoms with E-state index in [-0.39, 0.29) is 18.6 Å². The lowest BCUT2D eigenvalue weighted by atomic mass is 10.1. The molecular weight excluding hydrogens is 430 g/mol. The molecule has 0 radical (unpaired) electrons. The van der Waals surface area contributed by atoms with Gasteiger partial charge in [0.05, 0.1) is 29.8 Å². The summed E-state index contributed by atoms with van der Waals surface area (Å²) >= 11 is 3.41. The van der Waals surface area contributed by atoms with Gasteiger partial charge < -0.3 is 19.4 Å². The molecule has 0 fully saturated rings. The average molecular weight is 445 g/mol. The number of rotatable bonds is 8. The molecule has 0 saturated carbocycles. The van der Waals surface area contributed by atoms with Crippen LogP contribution in [0.4, 0.5) is 0 Å². The van der Waals surface area contributed by atoms with Gasteiger partial charge in [-0.15, -0.1) is 0 Å². The molecule has 1 amide bonds. The second-order valence-electron chi connectivity index (χ2n) is 5.44. The van der Waals surface area contributed by atoms with E-state index in [1.807, 2.05) is 0 Å². The highest BCUT2D eigenvalue weighted by Gasteiger charge is 2.12. The van der Waals surface area contributed by atoms with Gasteiger partial charge in [0, 0.05) is 0 Å². The van der Waals surface area contributed by atoms with Crippen LogP contribution >= 0.6 is 15.9 Å². The Balaban J connectivity index is 2.10. The Hall–Kier alpha value is -3.38. The average Bonchev–Trinajstić information content (AvgIpc) is 2.67. The first-order valence-corrected chi connectivity index (χ1v) is 8.73. The van der Waals surface area contributed by atoms with Crippen molar-refractivity contribution in [3.8, 4) is 17.6 Å². The molecule has 0 aliphatic rings. The van der Waals surface area contributed by atoms with Crippen LogP contribution in [0.1, 0.15) is 27.9 Å². The van der Waals surface area contributed by atoms with Gasteiger partial charge in [-0.1, -0.05) is 24.3 Å². The van der Waals surface area contributed by atoms with Gasteiger partial charge in [-0.05, 0) is 44.8 Å². The highest BCUT2D eigenvalue weighted by atomic mass is 79.9. The molecule has 2 rings (SSSR count). The minimum atomic E-state index is -1.24. The number of hydrogen-bond acceptors (Lipinski definition) is 7. The largest absolute Gasteiger partial charge is 0.545 e. The van der Waals surface area contributed by atoms with Crippen LogP contribution in [-0.4, -0.2) is 25.2 Å². The summed E-state index contributed by atoms with van der Waals surface area (Å²) in [7, 11) is 1.49. The number of carboxylic acids is 1. The van der Waals surface area contributed by atoms with Crippen molar-refractivity contribution in [1.82, 2.24) is 5.43 Å². The predicted octanol–water partition coefficient (Wildman–Crippen LogP) is 1.76. The molecule has 28 heavy (non-hydrogen) atoms. The number of nitrogens with one attached hydrogen (secondary N) is 1. The minimum Gasteiger partial charge on any atom is -0.545 e. The maximum Gasteiger partial charge on any atom is 0.254 e. The molecule has 2 aromatic carbocycles. The van der Waals surface area contributed by atoms with Gasteiger partial charge in [0.1, 0.15) is 13.0 Å². The minimum absolute atomic E-state index is 0.0908. The number of carbonyl (C=O) groups is 2. The predicted molar refractivity (Wildman–Crippen MR) is 102 cm³/mol. The molecule has 0 aliphatic heterocycles. The number of benzene rings is 2. The van der Waals surface area contributed by atoms with Gasteiger partial charge in [0.2, 0.25) is 0 Å². The van der Waals surface area contributed by atoms with Crippen molar-refractivity contribution >= 4 is 34.0 Å². The first kappa shape index (κ1) is 20.9.